The van der Waals surface area contributed by atoms with Gasteiger partial charge in [0.05, 0.1) is 22.4 Å². The average Bonchev–Trinajstić information content (AvgIpc) is 3.01. The lowest BCUT2D eigenvalue weighted by Crippen LogP contribution is -2.22. The molecule has 4 rings (SSSR count). The molecule has 132 valence electrons. The molecule has 0 saturated carbocycles. The third-order valence-electron chi connectivity index (χ3n) is 4.00. The second kappa shape index (κ2) is 5.95. The second-order valence-electron chi connectivity index (χ2n) is 7.20. The lowest BCUT2D eigenvalue weighted by Gasteiger charge is -2.21. The molecule has 0 aliphatic rings. The van der Waals surface area contributed by atoms with E-state index in [1.54, 1.807) is 12.4 Å². The van der Waals surface area contributed by atoms with E-state index < -0.39 is 0 Å². The maximum absolute atomic E-state index is 6.51. The van der Waals surface area contributed by atoms with Crippen LogP contribution >= 0.6 is 11.6 Å². The van der Waals surface area contributed by atoms with Crippen LogP contribution in [0.25, 0.3) is 28.1 Å². The van der Waals surface area contributed by atoms with Crippen LogP contribution in [0.1, 0.15) is 26.5 Å². The van der Waals surface area contributed by atoms with Crippen molar-refractivity contribution in [2.75, 3.05) is 0 Å². The van der Waals surface area contributed by atoms with E-state index in [0.717, 1.165) is 39.5 Å². The van der Waals surface area contributed by atoms with Gasteiger partial charge in [0.1, 0.15) is 22.7 Å². The van der Waals surface area contributed by atoms with Gasteiger partial charge in [0, 0.05) is 11.8 Å². The van der Waals surface area contributed by atoms with E-state index in [1.165, 1.54) is 0 Å². The number of hydrogen-bond acceptors (Lipinski definition) is 4. The van der Waals surface area contributed by atoms with Crippen LogP contribution in [0.5, 0.6) is 5.75 Å². The van der Waals surface area contributed by atoms with Crippen LogP contribution in [0.15, 0.2) is 42.7 Å². The Kier molecular flexibility index (Phi) is 3.84. The van der Waals surface area contributed by atoms with E-state index in [2.05, 4.69) is 15.0 Å². The molecule has 3 heterocycles. The molecule has 4 aromatic rings. The Bertz CT molecular complexity index is 1130. The second-order valence-corrected chi connectivity index (χ2v) is 7.61. The van der Waals surface area contributed by atoms with Gasteiger partial charge in [-0.2, -0.15) is 0 Å². The third-order valence-corrected chi connectivity index (χ3v) is 4.33. The predicted octanol–water partition coefficient (Wildman–Crippen LogP) is 5.08. The molecule has 26 heavy (non-hydrogen) atoms. The lowest BCUT2D eigenvalue weighted by atomic mass is 10.1. The summed E-state index contributed by atoms with van der Waals surface area (Å²) >= 11 is 6.51. The van der Waals surface area contributed by atoms with Crippen molar-refractivity contribution in [2.45, 2.75) is 33.3 Å². The standard InChI is InChI=1S/C20H19ClN4O/c1-12-17-11-23-18(25(17)19-16(24-12)6-5-9-22-19)14-10-13(7-8-15(14)21)26-20(2,3)4/h5-11H,1-4H3. The van der Waals surface area contributed by atoms with Crippen molar-refractivity contribution >= 4 is 28.3 Å². The molecule has 0 unspecified atom stereocenters. The smallest absolute Gasteiger partial charge is 0.164 e. The maximum Gasteiger partial charge on any atom is 0.164 e. The molecule has 0 saturated heterocycles. The van der Waals surface area contributed by atoms with Gasteiger partial charge in [-0.3, -0.25) is 4.40 Å². The molecule has 0 spiro atoms. The van der Waals surface area contributed by atoms with Crippen LogP contribution in [0.4, 0.5) is 0 Å². The Hall–Kier alpha value is -2.66. The first-order valence-corrected chi connectivity index (χ1v) is 8.79. The van der Waals surface area contributed by atoms with Crippen LogP contribution in [0.3, 0.4) is 0 Å². The van der Waals surface area contributed by atoms with Gasteiger partial charge in [-0.15, -0.1) is 0 Å². The summed E-state index contributed by atoms with van der Waals surface area (Å²) in [5.41, 5.74) is 3.86. The van der Waals surface area contributed by atoms with Gasteiger partial charge in [0.15, 0.2) is 5.65 Å². The zero-order valence-corrected chi connectivity index (χ0v) is 15.9. The fourth-order valence-corrected chi connectivity index (χ4v) is 3.19. The number of hydrogen-bond donors (Lipinski definition) is 0. The topological polar surface area (TPSA) is 52.3 Å². The molecule has 0 atom stereocenters. The zero-order chi connectivity index (χ0) is 18.5. The monoisotopic (exact) mass is 366 g/mol. The summed E-state index contributed by atoms with van der Waals surface area (Å²) in [4.78, 5) is 13.7. The van der Waals surface area contributed by atoms with Crippen LogP contribution in [0.2, 0.25) is 5.02 Å². The van der Waals surface area contributed by atoms with Gasteiger partial charge in [0.2, 0.25) is 0 Å². The zero-order valence-electron chi connectivity index (χ0n) is 15.1. The molecule has 0 aliphatic carbocycles. The number of rotatable bonds is 2. The molecular formula is C20H19ClN4O. The molecule has 0 radical (unpaired) electrons. The first kappa shape index (κ1) is 16.8. The molecule has 1 aromatic carbocycles. The number of aryl methyl sites for hydroxylation is 1. The SMILES string of the molecule is Cc1nc2cccnc2n2c(-c3cc(OC(C)(C)C)ccc3Cl)ncc12. The first-order chi connectivity index (χ1) is 12.3. The molecular weight excluding hydrogens is 348 g/mol. The van der Waals surface area contributed by atoms with Gasteiger partial charge in [0.25, 0.3) is 0 Å². The molecule has 5 nitrogen and oxygen atoms in total. The summed E-state index contributed by atoms with van der Waals surface area (Å²) in [5.74, 6) is 1.47. The van der Waals surface area contributed by atoms with E-state index in [9.17, 15) is 0 Å². The van der Waals surface area contributed by atoms with E-state index in [-0.39, 0.29) is 5.60 Å². The third kappa shape index (κ3) is 2.88. The Labute approximate surface area is 156 Å². The van der Waals surface area contributed by atoms with Crippen molar-refractivity contribution in [1.29, 1.82) is 0 Å². The molecule has 0 aliphatic heterocycles. The number of benzene rings is 1. The highest BCUT2D eigenvalue weighted by atomic mass is 35.5. The van der Waals surface area contributed by atoms with Crippen LogP contribution < -0.4 is 4.74 Å². The summed E-state index contributed by atoms with van der Waals surface area (Å²) in [6, 6.07) is 9.45. The van der Waals surface area contributed by atoms with Crippen molar-refractivity contribution < 1.29 is 4.74 Å². The van der Waals surface area contributed by atoms with Crippen molar-refractivity contribution in [3.63, 3.8) is 0 Å². The van der Waals surface area contributed by atoms with Crippen LogP contribution in [-0.2, 0) is 0 Å². The molecule has 0 N–H and O–H groups in total. The largest absolute Gasteiger partial charge is 0.488 e. The van der Waals surface area contributed by atoms with Crippen LogP contribution in [-0.4, -0.2) is 25.0 Å². The molecule has 6 heteroatoms. The fourth-order valence-electron chi connectivity index (χ4n) is 2.99. The number of halogens is 1. The highest BCUT2D eigenvalue weighted by Crippen LogP contribution is 2.33. The average molecular weight is 367 g/mol. The highest BCUT2D eigenvalue weighted by Gasteiger charge is 2.18. The Balaban J connectivity index is 1.99. The number of fused-ring (bicyclic) bond motifs is 3. The van der Waals surface area contributed by atoms with E-state index in [0.29, 0.717) is 5.02 Å². The Morgan fingerprint density at radius 3 is 2.69 bits per heavy atom. The van der Waals surface area contributed by atoms with Gasteiger partial charge < -0.3 is 4.74 Å². The fraction of sp³-hybridized carbons (Fsp3) is 0.250. The van der Waals surface area contributed by atoms with E-state index in [4.69, 9.17) is 16.3 Å². The summed E-state index contributed by atoms with van der Waals surface area (Å²) in [5, 5.41) is 0.609. The van der Waals surface area contributed by atoms with Crippen molar-refractivity contribution in [1.82, 2.24) is 19.4 Å². The molecule has 0 fully saturated rings. The summed E-state index contributed by atoms with van der Waals surface area (Å²) in [6.07, 6.45) is 3.56. The van der Waals surface area contributed by atoms with E-state index in [1.807, 2.05) is 62.4 Å². The van der Waals surface area contributed by atoms with Gasteiger partial charge >= 0.3 is 0 Å². The lowest BCUT2D eigenvalue weighted by molar-refractivity contribution is 0.131. The Morgan fingerprint density at radius 2 is 1.92 bits per heavy atom. The Morgan fingerprint density at radius 1 is 1.12 bits per heavy atom. The normalized spacial score (nSPS) is 12.0. The highest BCUT2D eigenvalue weighted by molar-refractivity contribution is 6.33. The number of ether oxygens (including phenoxy) is 1. The van der Waals surface area contributed by atoms with Gasteiger partial charge in [-0.05, 0) is 58.0 Å². The molecule has 0 bridgehead atoms. The number of aromatic nitrogens is 4. The maximum atomic E-state index is 6.51. The van der Waals surface area contributed by atoms with Crippen molar-refractivity contribution in [2.24, 2.45) is 0 Å². The molecule has 0 amide bonds. The van der Waals surface area contributed by atoms with Gasteiger partial charge in [-0.1, -0.05) is 11.6 Å². The van der Waals surface area contributed by atoms with Crippen LogP contribution in [0, 0.1) is 6.92 Å². The molecule has 3 aromatic heterocycles. The minimum absolute atomic E-state index is 0.297. The summed E-state index contributed by atoms with van der Waals surface area (Å²) in [7, 11) is 0. The van der Waals surface area contributed by atoms with Gasteiger partial charge in [-0.25, -0.2) is 15.0 Å². The first-order valence-electron chi connectivity index (χ1n) is 8.41. The summed E-state index contributed by atoms with van der Waals surface area (Å²) in [6.45, 7) is 8.00. The number of nitrogens with zero attached hydrogens (tertiary/aromatic N) is 4. The van der Waals surface area contributed by atoms with Crippen molar-refractivity contribution in [3.8, 4) is 17.1 Å². The summed E-state index contributed by atoms with van der Waals surface area (Å²) < 4.78 is 7.99. The minimum Gasteiger partial charge on any atom is -0.488 e. The van der Waals surface area contributed by atoms with Crippen molar-refractivity contribution in [3.05, 3.63) is 53.4 Å². The van der Waals surface area contributed by atoms with E-state index >= 15 is 0 Å². The number of pyridine rings is 1. The number of imidazole rings is 1. The minimum atomic E-state index is -0.297. The quantitative estimate of drug-likeness (QED) is 0.496. The predicted molar refractivity (Wildman–Crippen MR) is 104 cm³/mol.